The predicted molar refractivity (Wildman–Crippen MR) is 87.1 cm³/mol. The number of fused-ring (bicyclic) bond motifs is 2. The summed E-state index contributed by atoms with van der Waals surface area (Å²) < 4.78 is 0. The van der Waals surface area contributed by atoms with Gasteiger partial charge in [0.15, 0.2) is 10.8 Å². The molecular formula is C20H14N4. The van der Waals surface area contributed by atoms with Crippen LogP contribution in [0.25, 0.3) is 5.57 Å². The van der Waals surface area contributed by atoms with Crippen LogP contribution in [0.5, 0.6) is 0 Å². The van der Waals surface area contributed by atoms with E-state index >= 15 is 0 Å². The van der Waals surface area contributed by atoms with Crippen molar-refractivity contribution in [1.29, 1.82) is 21.0 Å². The van der Waals surface area contributed by atoms with E-state index in [4.69, 9.17) is 0 Å². The number of rotatable bonds is 1. The van der Waals surface area contributed by atoms with Crippen molar-refractivity contribution >= 4 is 5.57 Å². The van der Waals surface area contributed by atoms with Crippen molar-refractivity contribution in [2.24, 2.45) is 22.7 Å². The first-order chi connectivity index (χ1) is 11.7. The molecule has 0 spiro atoms. The summed E-state index contributed by atoms with van der Waals surface area (Å²) in [6.45, 7) is 0. The summed E-state index contributed by atoms with van der Waals surface area (Å²) in [5, 5.41) is 38.8. The second-order valence-corrected chi connectivity index (χ2v) is 6.22. The van der Waals surface area contributed by atoms with Gasteiger partial charge in [0.1, 0.15) is 0 Å². The highest BCUT2D eigenvalue weighted by Crippen LogP contribution is 2.60. The summed E-state index contributed by atoms with van der Waals surface area (Å²) >= 11 is 0. The largest absolute Gasteiger partial charge is 0.196 e. The Hall–Kier alpha value is -3.34. The van der Waals surface area contributed by atoms with Gasteiger partial charge < -0.3 is 0 Å². The third-order valence-electron chi connectivity index (χ3n) is 5.27. The normalized spacial score (nSPS) is 25.8. The average Bonchev–Trinajstić information content (AvgIpc) is 2.91. The highest BCUT2D eigenvalue weighted by atomic mass is 14.7. The van der Waals surface area contributed by atoms with E-state index in [0.717, 1.165) is 11.1 Å². The topological polar surface area (TPSA) is 95.2 Å². The fourth-order valence-corrected chi connectivity index (χ4v) is 3.92. The average molecular weight is 310 g/mol. The molecule has 0 unspecified atom stereocenters. The van der Waals surface area contributed by atoms with E-state index in [0.29, 0.717) is 12.8 Å². The maximum absolute atomic E-state index is 9.71. The van der Waals surface area contributed by atoms with E-state index in [9.17, 15) is 21.0 Å². The van der Waals surface area contributed by atoms with E-state index in [1.54, 1.807) is 0 Å². The van der Waals surface area contributed by atoms with Gasteiger partial charge in [-0.15, -0.1) is 0 Å². The molecule has 0 heterocycles. The molecular weight excluding hydrogens is 296 g/mol. The number of allylic oxidation sites excluding steroid dienone is 4. The highest BCUT2D eigenvalue weighted by Gasteiger charge is 2.67. The lowest BCUT2D eigenvalue weighted by Crippen LogP contribution is -2.40. The Bertz CT molecular complexity index is 853. The first kappa shape index (κ1) is 15.6. The van der Waals surface area contributed by atoms with E-state index in [2.05, 4.69) is 0 Å². The van der Waals surface area contributed by atoms with Gasteiger partial charge in [-0.2, -0.15) is 21.0 Å². The van der Waals surface area contributed by atoms with Crippen LogP contribution in [0.4, 0.5) is 0 Å². The molecule has 3 rings (SSSR count). The van der Waals surface area contributed by atoms with Crippen molar-refractivity contribution in [2.45, 2.75) is 12.8 Å². The van der Waals surface area contributed by atoms with Crippen LogP contribution in [-0.4, -0.2) is 0 Å². The van der Waals surface area contributed by atoms with Gasteiger partial charge in [-0.1, -0.05) is 48.6 Å². The molecule has 2 aliphatic rings. The van der Waals surface area contributed by atoms with Gasteiger partial charge in [0.2, 0.25) is 0 Å². The highest BCUT2D eigenvalue weighted by molar-refractivity contribution is 5.74. The van der Waals surface area contributed by atoms with Crippen LogP contribution in [0.1, 0.15) is 18.4 Å². The summed E-state index contributed by atoms with van der Waals surface area (Å²) in [5.74, 6) is -0.760. The summed E-state index contributed by atoms with van der Waals surface area (Å²) in [4.78, 5) is 0. The van der Waals surface area contributed by atoms with Crippen LogP contribution in [0.2, 0.25) is 0 Å². The van der Waals surface area contributed by atoms with Crippen LogP contribution in [0, 0.1) is 68.0 Å². The molecule has 0 aliphatic heterocycles. The fraction of sp³-hybridized carbons (Fsp3) is 0.300. The lowest BCUT2D eigenvalue weighted by molar-refractivity contribution is 0.266. The molecule has 1 saturated carbocycles. The third kappa shape index (κ3) is 1.88. The molecule has 2 atom stereocenters. The number of nitrogens with zero attached hydrogens (tertiary/aromatic N) is 4. The van der Waals surface area contributed by atoms with Crippen molar-refractivity contribution in [1.82, 2.24) is 0 Å². The van der Waals surface area contributed by atoms with Crippen molar-refractivity contribution in [3.05, 3.63) is 54.1 Å². The monoisotopic (exact) mass is 310 g/mol. The van der Waals surface area contributed by atoms with E-state index in [1.807, 2.05) is 72.8 Å². The predicted octanol–water partition coefficient (Wildman–Crippen LogP) is 3.73. The minimum Gasteiger partial charge on any atom is -0.196 e. The van der Waals surface area contributed by atoms with Crippen molar-refractivity contribution in [3.8, 4) is 24.3 Å². The second-order valence-electron chi connectivity index (χ2n) is 6.22. The molecule has 0 amide bonds. The summed E-state index contributed by atoms with van der Waals surface area (Å²) in [7, 11) is 0. The van der Waals surface area contributed by atoms with Crippen LogP contribution in [0.3, 0.4) is 0 Å². The smallest absolute Gasteiger partial charge is 0.181 e. The van der Waals surface area contributed by atoms with Crippen LogP contribution < -0.4 is 0 Å². The van der Waals surface area contributed by atoms with Gasteiger partial charge in [-0.3, -0.25) is 0 Å². The molecule has 0 radical (unpaired) electrons. The Balaban J connectivity index is 2.15. The van der Waals surface area contributed by atoms with Crippen LogP contribution in [0.15, 0.2) is 48.6 Å². The first-order valence-corrected chi connectivity index (χ1v) is 7.76. The zero-order valence-electron chi connectivity index (χ0n) is 13.0. The molecule has 24 heavy (non-hydrogen) atoms. The van der Waals surface area contributed by atoms with Gasteiger partial charge in [-0.05, 0) is 29.9 Å². The van der Waals surface area contributed by atoms with Gasteiger partial charge in [0, 0.05) is 5.92 Å². The Morgan fingerprint density at radius 2 is 1.50 bits per heavy atom. The molecule has 0 aromatic heterocycles. The number of nitriles is 4. The molecule has 114 valence electrons. The molecule has 1 fully saturated rings. The standard InChI is InChI=1S/C20H14N4/c21-11-19(12-22)17-8-6-16(15-4-2-1-3-5-15)7-9-18(10-17)20(19,13-23)14-24/h1-8,17-18H,9-10H2/t17-,18-/m0/s1. The number of hydrogen-bond acceptors (Lipinski definition) is 4. The zero-order valence-corrected chi connectivity index (χ0v) is 13.0. The van der Waals surface area contributed by atoms with Crippen LogP contribution in [-0.2, 0) is 0 Å². The summed E-state index contributed by atoms with van der Waals surface area (Å²) in [6.07, 6.45) is 6.73. The number of hydrogen-bond donors (Lipinski definition) is 0. The minimum atomic E-state index is -1.63. The molecule has 2 bridgehead atoms. The van der Waals surface area contributed by atoms with E-state index < -0.39 is 16.7 Å². The molecule has 0 saturated heterocycles. The Labute approximate surface area is 141 Å². The molecule has 1 aromatic rings. The molecule has 1 aromatic carbocycles. The maximum Gasteiger partial charge on any atom is 0.181 e. The quantitative estimate of drug-likeness (QED) is 0.789. The zero-order chi connectivity index (χ0) is 17.2. The van der Waals surface area contributed by atoms with E-state index in [1.165, 1.54) is 0 Å². The summed E-state index contributed by atoms with van der Waals surface area (Å²) in [5.41, 5.74) is -1.21. The Morgan fingerprint density at radius 1 is 0.875 bits per heavy atom. The first-order valence-electron chi connectivity index (χ1n) is 7.76. The van der Waals surface area contributed by atoms with Gasteiger partial charge in [0.25, 0.3) is 0 Å². The molecule has 0 N–H and O–H groups in total. The molecule has 2 aliphatic carbocycles. The minimum absolute atomic E-state index is 0.333. The lowest BCUT2D eigenvalue weighted by Gasteiger charge is -2.29. The Kier molecular flexibility index (Phi) is 3.69. The van der Waals surface area contributed by atoms with Crippen LogP contribution >= 0.6 is 0 Å². The fourth-order valence-electron chi connectivity index (χ4n) is 3.92. The number of benzene rings is 1. The van der Waals surface area contributed by atoms with Crippen molar-refractivity contribution in [3.63, 3.8) is 0 Å². The SMILES string of the molecule is N#CC1(C#N)[C@H]2CC=C(c3ccccc3)C=C[C@@H](C2)C1(C#N)C#N. The van der Waals surface area contributed by atoms with Crippen molar-refractivity contribution < 1.29 is 0 Å². The summed E-state index contributed by atoms with van der Waals surface area (Å²) in [6, 6.07) is 17.9. The van der Waals surface area contributed by atoms with E-state index in [-0.39, 0.29) is 5.92 Å². The van der Waals surface area contributed by atoms with Crippen molar-refractivity contribution in [2.75, 3.05) is 0 Å². The van der Waals surface area contributed by atoms with Gasteiger partial charge >= 0.3 is 0 Å². The molecule has 4 heteroatoms. The molecule has 4 nitrogen and oxygen atoms in total. The lowest BCUT2D eigenvalue weighted by atomic mass is 9.62. The third-order valence-corrected chi connectivity index (χ3v) is 5.27. The van der Waals surface area contributed by atoms with Gasteiger partial charge in [0.05, 0.1) is 24.3 Å². The van der Waals surface area contributed by atoms with Gasteiger partial charge in [-0.25, -0.2) is 0 Å². The Morgan fingerprint density at radius 3 is 2.08 bits per heavy atom. The maximum atomic E-state index is 9.71. The second kappa shape index (κ2) is 5.70.